The van der Waals surface area contributed by atoms with Crippen molar-refractivity contribution in [3.05, 3.63) is 5.82 Å². The van der Waals surface area contributed by atoms with Gasteiger partial charge in [0.25, 0.3) is 0 Å². The number of hydrogen-bond acceptors (Lipinski definition) is 5. The smallest absolute Gasteiger partial charge is 0.242 e. The molecule has 0 aliphatic heterocycles. The SMILES string of the molecule is COc1nc(C(C)(C)C)nc(NC2CCCCC2)c1N. The first-order valence-corrected chi connectivity index (χ1v) is 7.40. The van der Waals surface area contributed by atoms with Gasteiger partial charge < -0.3 is 15.8 Å². The third-order valence-corrected chi connectivity index (χ3v) is 3.72. The lowest BCUT2D eigenvalue weighted by Crippen LogP contribution is -2.25. The predicted molar refractivity (Wildman–Crippen MR) is 82.2 cm³/mol. The maximum Gasteiger partial charge on any atom is 0.242 e. The van der Waals surface area contributed by atoms with Crippen LogP contribution in [0.25, 0.3) is 0 Å². The molecule has 2 rings (SSSR count). The minimum atomic E-state index is -0.135. The Hall–Kier alpha value is -1.52. The fourth-order valence-electron chi connectivity index (χ4n) is 2.49. The first kappa shape index (κ1) is 14.9. The summed E-state index contributed by atoms with van der Waals surface area (Å²) in [4.78, 5) is 9.04. The molecule has 0 spiro atoms. The Labute approximate surface area is 121 Å². The second-order valence-electron chi connectivity index (χ2n) is 6.55. The number of hydrogen-bond donors (Lipinski definition) is 2. The number of methoxy groups -OCH3 is 1. The first-order valence-electron chi connectivity index (χ1n) is 7.40. The summed E-state index contributed by atoms with van der Waals surface area (Å²) < 4.78 is 5.29. The van der Waals surface area contributed by atoms with Crippen molar-refractivity contribution in [3.63, 3.8) is 0 Å². The number of nitrogen functional groups attached to an aromatic ring is 1. The molecule has 0 bridgehead atoms. The normalized spacial score (nSPS) is 17.0. The second-order valence-corrected chi connectivity index (χ2v) is 6.55. The largest absolute Gasteiger partial charge is 0.479 e. The summed E-state index contributed by atoms with van der Waals surface area (Å²) in [5.74, 6) is 1.93. The van der Waals surface area contributed by atoms with Crippen LogP contribution in [0, 0.1) is 0 Å². The third-order valence-electron chi connectivity index (χ3n) is 3.72. The van der Waals surface area contributed by atoms with E-state index in [1.807, 2.05) is 0 Å². The van der Waals surface area contributed by atoms with E-state index < -0.39 is 0 Å². The van der Waals surface area contributed by atoms with Crippen molar-refractivity contribution in [2.75, 3.05) is 18.2 Å². The molecular formula is C15H26N4O. The number of aromatic nitrogens is 2. The lowest BCUT2D eigenvalue weighted by Gasteiger charge is -2.25. The Morgan fingerprint density at radius 3 is 2.35 bits per heavy atom. The maximum absolute atomic E-state index is 6.11. The van der Waals surface area contributed by atoms with E-state index in [9.17, 15) is 0 Å². The van der Waals surface area contributed by atoms with Crippen LogP contribution >= 0.6 is 0 Å². The van der Waals surface area contributed by atoms with Crippen molar-refractivity contribution in [1.29, 1.82) is 0 Å². The van der Waals surface area contributed by atoms with Crippen molar-refractivity contribution >= 4 is 11.5 Å². The molecule has 0 radical (unpaired) electrons. The summed E-state index contributed by atoms with van der Waals surface area (Å²) in [5, 5.41) is 3.48. The Bertz CT molecular complexity index is 462. The zero-order valence-corrected chi connectivity index (χ0v) is 13.0. The zero-order valence-electron chi connectivity index (χ0n) is 13.0. The van der Waals surface area contributed by atoms with Crippen LogP contribution in [-0.4, -0.2) is 23.1 Å². The topological polar surface area (TPSA) is 73.1 Å². The van der Waals surface area contributed by atoms with Crippen LogP contribution in [0.15, 0.2) is 0 Å². The number of nitrogens with zero attached hydrogens (tertiary/aromatic N) is 2. The molecule has 0 saturated heterocycles. The van der Waals surface area contributed by atoms with Crippen molar-refractivity contribution in [3.8, 4) is 5.88 Å². The summed E-state index contributed by atoms with van der Waals surface area (Å²) >= 11 is 0. The molecule has 3 N–H and O–H groups in total. The number of anilines is 2. The minimum Gasteiger partial charge on any atom is -0.479 e. The summed E-state index contributed by atoms with van der Waals surface area (Å²) in [6.45, 7) is 6.26. The van der Waals surface area contributed by atoms with Gasteiger partial charge in [-0.3, -0.25) is 0 Å². The number of ether oxygens (including phenoxy) is 1. The molecule has 5 heteroatoms. The number of rotatable bonds is 3. The third kappa shape index (κ3) is 3.32. The Balaban J connectivity index is 2.30. The molecule has 0 atom stereocenters. The molecule has 0 amide bonds. The van der Waals surface area contributed by atoms with Gasteiger partial charge in [0.1, 0.15) is 11.5 Å². The second kappa shape index (κ2) is 5.85. The van der Waals surface area contributed by atoms with E-state index in [0.717, 1.165) is 5.82 Å². The monoisotopic (exact) mass is 278 g/mol. The molecule has 112 valence electrons. The van der Waals surface area contributed by atoms with Crippen LogP contribution in [-0.2, 0) is 5.41 Å². The Morgan fingerprint density at radius 1 is 1.15 bits per heavy atom. The van der Waals surface area contributed by atoms with Crippen LogP contribution < -0.4 is 15.8 Å². The molecule has 1 aromatic rings. The molecular weight excluding hydrogens is 252 g/mol. The average molecular weight is 278 g/mol. The molecule has 1 aromatic heterocycles. The molecule has 1 saturated carbocycles. The van der Waals surface area contributed by atoms with Gasteiger partial charge >= 0.3 is 0 Å². The highest BCUT2D eigenvalue weighted by molar-refractivity contribution is 5.67. The maximum atomic E-state index is 6.11. The van der Waals surface area contributed by atoms with Crippen LogP contribution in [0.5, 0.6) is 5.88 Å². The summed E-state index contributed by atoms with van der Waals surface area (Å²) in [7, 11) is 1.59. The van der Waals surface area contributed by atoms with Gasteiger partial charge in [-0.05, 0) is 12.8 Å². The van der Waals surface area contributed by atoms with E-state index in [2.05, 4.69) is 36.1 Å². The van der Waals surface area contributed by atoms with Crippen molar-refractivity contribution < 1.29 is 4.74 Å². The summed E-state index contributed by atoms with van der Waals surface area (Å²) in [6.07, 6.45) is 6.22. The standard InChI is InChI=1S/C15H26N4O/c1-15(2,3)14-18-12(11(16)13(19-14)20-4)17-10-8-6-5-7-9-10/h10H,5-9,16H2,1-4H3,(H,17,18,19). The highest BCUT2D eigenvalue weighted by Gasteiger charge is 2.23. The minimum absolute atomic E-state index is 0.135. The Kier molecular flexibility index (Phi) is 4.35. The van der Waals surface area contributed by atoms with Gasteiger partial charge in [-0.15, -0.1) is 0 Å². The van der Waals surface area contributed by atoms with Gasteiger partial charge in [-0.2, -0.15) is 4.98 Å². The van der Waals surface area contributed by atoms with Crippen LogP contribution in [0.3, 0.4) is 0 Å². The highest BCUT2D eigenvalue weighted by Crippen LogP contribution is 2.32. The Morgan fingerprint density at radius 2 is 1.80 bits per heavy atom. The van der Waals surface area contributed by atoms with E-state index in [1.54, 1.807) is 7.11 Å². The zero-order chi connectivity index (χ0) is 14.8. The lowest BCUT2D eigenvalue weighted by molar-refractivity contribution is 0.391. The first-order chi connectivity index (χ1) is 9.41. The van der Waals surface area contributed by atoms with Crippen molar-refractivity contribution in [2.45, 2.75) is 64.3 Å². The highest BCUT2D eigenvalue weighted by atomic mass is 16.5. The molecule has 1 heterocycles. The quantitative estimate of drug-likeness (QED) is 0.888. The number of nitrogens with two attached hydrogens (primary N) is 1. The van der Waals surface area contributed by atoms with Gasteiger partial charge in [-0.1, -0.05) is 40.0 Å². The van der Waals surface area contributed by atoms with Crippen LogP contribution in [0.2, 0.25) is 0 Å². The predicted octanol–water partition coefficient (Wildman–Crippen LogP) is 3.11. The molecule has 1 aliphatic carbocycles. The molecule has 0 unspecified atom stereocenters. The van der Waals surface area contributed by atoms with E-state index in [0.29, 0.717) is 23.4 Å². The van der Waals surface area contributed by atoms with Crippen molar-refractivity contribution in [1.82, 2.24) is 9.97 Å². The van der Waals surface area contributed by atoms with Gasteiger partial charge in [0.15, 0.2) is 5.82 Å². The summed E-state index contributed by atoms with van der Waals surface area (Å²) in [6, 6.07) is 0.457. The summed E-state index contributed by atoms with van der Waals surface area (Å²) in [5.41, 5.74) is 6.48. The number of nitrogens with one attached hydrogen (secondary N) is 1. The fourth-order valence-corrected chi connectivity index (χ4v) is 2.49. The molecule has 5 nitrogen and oxygen atoms in total. The van der Waals surface area contributed by atoms with E-state index in [1.165, 1.54) is 32.1 Å². The average Bonchev–Trinajstić information content (AvgIpc) is 2.41. The van der Waals surface area contributed by atoms with E-state index >= 15 is 0 Å². The molecule has 1 aliphatic rings. The van der Waals surface area contributed by atoms with Gasteiger partial charge in [0.2, 0.25) is 5.88 Å². The lowest BCUT2D eigenvalue weighted by atomic mass is 9.95. The van der Waals surface area contributed by atoms with E-state index in [4.69, 9.17) is 10.5 Å². The molecule has 1 fully saturated rings. The van der Waals surface area contributed by atoms with Gasteiger partial charge in [0.05, 0.1) is 7.11 Å². The van der Waals surface area contributed by atoms with E-state index in [-0.39, 0.29) is 5.41 Å². The molecule has 0 aromatic carbocycles. The van der Waals surface area contributed by atoms with Crippen molar-refractivity contribution in [2.24, 2.45) is 0 Å². The molecule has 20 heavy (non-hydrogen) atoms. The fraction of sp³-hybridized carbons (Fsp3) is 0.733. The van der Waals surface area contributed by atoms with Gasteiger partial charge in [0, 0.05) is 11.5 Å². The van der Waals surface area contributed by atoms with Gasteiger partial charge in [-0.25, -0.2) is 4.98 Å². The van der Waals surface area contributed by atoms with Crippen LogP contribution in [0.1, 0.15) is 58.7 Å². The van der Waals surface area contributed by atoms with Crippen LogP contribution in [0.4, 0.5) is 11.5 Å².